The predicted molar refractivity (Wildman–Crippen MR) is 110 cm³/mol. The van der Waals surface area contributed by atoms with Crippen molar-refractivity contribution in [2.24, 2.45) is 0 Å². The molecule has 5 nitrogen and oxygen atoms in total. The summed E-state index contributed by atoms with van der Waals surface area (Å²) in [5, 5.41) is 0. The molecule has 0 saturated carbocycles. The predicted octanol–water partition coefficient (Wildman–Crippen LogP) is 2.95. The highest BCUT2D eigenvalue weighted by atomic mass is 19.1. The second-order valence-electron chi connectivity index (χ2n) is 7.67. The molecule has 0 aromatic heterocycles. The number of hydrogen-bond acceptors (Lipinski definition) is 3. The molecule has 0 unspecified atom stereocenters. The second kappa shape index (κ2) is 8.74. The van der Waals surface area contributed by atoms with Gasteiger partial charge in [0.1, 0.15) is 5.82 Å². The molecule has 2 aliphatic rings. The molecule has 4 rings (SSSR count). The number of rotatable bonds is 4. The SMILES string of the molecule is O=C(c1cccc(F)c1)N1CCCN(CCC(=O)N2CCc3ccccc32)CC1. The van der Waals surface area contributed by atoms with Gasteiger partial charge in [0, 0.05) is 50.4 Å². The van der Waals surface area contributed by atoms with Crippen LogP contribution in [0.4, 0.5) is 10.1 Å². The zero-order valence-electron chi connectivity index (χ0n) is 16.5. The van der Waals surface area contributed by atoms with Crippen LogP contribution in [0.5, 0.6) is 0 Å². The van der Waals surface area contributed by atoms with Crippen molar-refractivity contribution in [3.8, 4) is 0 Å². The molecule has 0 N–H and O–H groups in total. The van der Waals surface area contributed by atoms with Gasteiger partial charge in [-0.2, -0.15) is 0 Å². The molecular formula is C23H26FN3O2. The Balaban J connectivity index is 1.29. The summed E-state index contributed by atoms with van der Waals surface area (Å²) in [4.78, 5) is 31.3. The normalized spacial score (nSPS) is 17.1. The van der Waals surface area contributed by atoms with Gasteiger partial charge in [0.15, 0.2) is 0 Å². The van der Waals surface area contributed by atoms with Gasteiger partial charge in [-0.1, -0.05) is 24.3 Å². The van der Waals surface area contributed by atoms with Crippen LogP contribution >= 0.6 is 0 Å². The summed E-state index contributed by atoms with van der Waals surface area (Å²) in [6.07, 6.45) is 2.25. The lowest BCUT2D eigenvalue weighted by Gasteiger charge is -2.23. The maximum absolute atomic E-state index is 13.4. The first kappa shape index (κ1) is 19.6. The van der Waals surface area contributed by atoms with Crippen molar-refractivity contribution in [1.82, 2.24) is 9.80 Å². The standard InChI is InChI=1S/C23H26FN3O2/c24-20-7-3-6-19(17-20)23(29)26-12-4-11-25(15-16-26)13-10-22(28)27-14-9-18-5-1-2-8-21(18)27/h1-3,5-8,17H,4,9-16H2. The fourth-order valence-electron chi connectivity index (χ4n) is 4.19. The van der Waals surface area contributed by atoms with Crippen LogP contribution in [-0.2, 0) is 11.2 Å². The Morgan fingerprint density at radius 2 is 1.79 bits per heavy atom. The Kier molecular flexibility index (Phi) is 5.90. The molecule has 152 valence electrons. The summed E-state index contributed by atoms with van der Waals surface area (Å²) in [6.45, 7) is 4.28. The highest BCUT2D eigenvalue weighted by Crippen LogP contribution is 2.27. The number of anilines is 1. The van der Waals surface area contributed by atoms with Crippen LogP contribution in [0.15, 0.2) is 48.5 Å². The quantitative estimate of drug-likeness (QED) is 0.800. The molecule has 0 spiro atoms. The van der Waals surface area contributed by atoms with Crippen molar-refractivity contribution < 1.29 is 14.0 Å². The molecule has 29 heavy (non-hydrogen) atoms. The Morgan fingerprint density at radius 3 is 2.66 bits per heavy atom. The molecular weight excluding hydrogens is 369 g/mol. The van der Waals surface area contributed by atoms with E-state index in [2.05, 4.69) is 11.0 Å². The van der Waals surface area contributed by atoms with Gasteiger partial charge in [-0.15, -0.1) is 0 Å². The van der Waals surface area contributed by atoms with E-state index in [1.54, 1.807) is 17.0 Å². The molecule has 0 aliphatic carbocycles. The van der Waals surface area contributed by atoms with Crippen molar-refractivity contribution in [1.29, 1.82) is 0 Å². The molecule has 2 amide bonds. The summed E-state index contributed by atoms with van der Waals surface area (Å²) in [5.41, 5.74) is 2.67. The lowest BCUT2D eigenvalue weighted by Crippen LogP contribution is -2.37. The van der Waals surface area contributed by atoms with Crippen LogP contribution < -0.4 is 4.90 Å². The molecule has 0 atom stereocenters. The fourth-order valence-corrected chi connectivity index (χ4v) is 4.19. The Labute approximate surface area is 170 Å². The minimum absolute atomic E-state index is 0.129. The van der Waals surface area contributed by atoms with E-state index < -0.39 is 5.82 Å². The zero-order chi connectivity index (χ0) is 20.2. The number of carbonyl (C=O) groups excluding carboxylic acids is 2. The average molecular weight is 395 g/mol. The highest BCUT2D eigenvalue weighted by molar-refractivity contribution is 5.95. The third-order valence-corrected chi connectivity index (χ3v) is 5.78. The zero-order valence-corrected chi connectivity index (χ0v) is 16.5. The smallest absolute Gasteiger partial charge is 0.254 e. The molecule has 2 aliphatic heterocycles. The third kappa shape index (κ3) is 4.48. The lowest BCUT2D eigenvalue weighted by atomic mass is 10.2. The van der Waals surface area contributed by atoms with E-state index in [1.807, 2.05) is 23.1 Å². The molecule has 0 bridgehead atoms. The number of hydrogen-bond donors (Lipinski definition) is 0. The molecule has 1 saturated heterocycles. The van der Waals surface area contributed by atoms with E-state index in [4.69, 9.17) is 0 Å². The van der Waals surface area contributed by atoms with Crippen molar-refractivity contribution in [3.05, 3.63) is 65.5 Å². The van der Waals surface area contributed by atoms with Crippen LogP contribution in [0.1, 0.15) is 28.8 Å². The number of nitrogens with zero attached hydrogens (tertiary/aromatic N) is 3. The van der Waals surface area contributed by atoms with Crippen LogP contribution in [0, 0.1) is 5.82 Å². The van der Waals surface area contributed by atoms with Gasteiger partial charge in [-0.3, -0.25) is 9.59 Å². The van der Waals surface area contributed by atoms with Gasteiger partial charge in [-0.25, -0.2) is 4.39 Å². The van der Waals surface area contributed by atoms with E-state index in [1.165, 1.54) is 17.7 Å². The largest absolute Gasteiger partial charge is 0.337 e. The number of fused-ring (bicyclic) bond motifs is 1. The van der Waals surface area contributed by atoms with Crippen LogP contribution in [0.3, 0.4) is 0 Å². The third-order valence-electron chi connectivity index (χ3n) is 5.78. The monoisotopic (exact) mass is 395 g/mol. The van der Waals surface area contributed by atoms with Crippen LogP contribution in [0.25, 0.3) is 0 Å². The molecule has 2 aromatic carbocycles. The summed E-state index contributed by atoms with van der Waals surface area (Å²) >= 11 is 0. The minimum atomic E-state index is -0.394. The Bertz CT molecular complexity index is 901. The molecule has 6 heteroatoms. The number of halogens is 1. The Hall–Kier alpha value is -2.73. The number of carbonyl (C=O) groups is 2. The molecule has 1 fully saturated rings. The summed E-state index contributed by atoms with van der Waals surface area (Å²) in [5.74, 6) is -0.364. The second-order valence-corrected chi connectivity index (χ2v) is 7.67. The van der Waals surface area contributed by atoms with Crippen molar-refractivity contribution >= 4 is 17.5 Å². The van der Waals surface area contributed by atoms with E-state index in [0.29, 0.717) is 31.6 Å². The summed E-state index contributed by atoms with van der Waals surface area (Å²) in [7, 11) is 0. The number of para-hydroxylation sites is 1. The van der Waals surface area contributed by atoms with E-state index >= 15 is 0 Å². The van der Waals surface area contributed by atoms with Crippen molar-refractivity contribution in [2.45, 2.75) is 19.3 Å². The molecule has 2 aromatic rings. The molecule has 0 radical (unpaired) electrons. The van der Waals surface area contributed by atoms with Gasteiger partial charge < -0.3 is 14.7 Å². The maximum atomic E-state index is 13.4. The lowest BCUT2D eigenvalue weighted by molar-refractivity contribution is -0.118. The van der Waals surface area contributed by atoms with Gasteiger partial charge in [-0.05, 0) is 49.2 Å². The number of amides is 2. The average Bonchev–Trinajstić information content (AvgIpc) is 3.03. The van der Waals surface area contributed by atoms with Gasteiger partial charge >= 0.3 is 0 Å². The summed E-state index contributed by atoms with van der Waals surface area (Å²) < 4.78 is 13.4. The van der Waals surface area contributed by atoms with Crippen molar-refractivity contribution in [2.75, 3.05) is 44.2 Å². The first-order valence-electron chi connectivity index (χ1n) is 10.3. The van der Waals surface area contributed by atoms with Crippen molar-refractivity contribution in [3.63, 3.8) is 0 Å². The first-order chi connectivity index (χ1) is 14.1. The maximum Gasteiger partial charge on any atom is 0.254 e. The van der Waals surface area contributed by atoms with E-state index in [-0.39, 0.29) is 11.8 Å². The van der Waals surface area contributed by atoms with E-state index in [9.17, 15) is 14.0 Å². The van der Waals surface area contributed by atoms with Gasteiger partial charge in [0.25, 0.3) is 5.91 Å². The van der Waals surface area contributed by atoms with E-state index in [0.717, 1.165) is 38.2 Å². The van der Waals surface area contributed by atoms with Crippen LogP contribution in [0.2, 0.25) is 0 Å². The van der Waals surface area contributed by atoms with Gasteiger partial charge in [0.2, 0.25) is 5.91 Å². The highest BCUT2D eigenvalue weighted by Gasteiger charge is 2.25. The topological polar surface area (TPSA) is 43.9 Å². The van der Waals surface area contributed by atoms with Gasteiger partial charge in [0.05, 0.1) is 0 Å². The first-order valence-corrected chi connectivity index (χ1v) is 10.3. The summed E-state index contributed by atoms with van der Waals surface area (Å²) in [6, 6.07) is 13.9. The minimum Gasteiger partial charge on any atom is -0.337 e. The van der Waals surface area contributed by atoms with Crippen LogP contribution in [-0.4, -0.2) is 60.9 Å². The molecule has 2 heterocycles. The number of benzene rings is 2. The Morgan fingerprint density at radius 1 is 0.931 bits per heavy atom. The fraction of sp³-hybridized carbons (Fsp3) is 0.391.